The highest BCUT2D eigenvalue weighted by Crippen LogP contribution is 2.65. The zero-order chi connectivity index (χ0) is 18.4. The molecule has 4 rings (SSSR count). The summed E-state index contributed by atoms with van der Waals surface area (Å²) in [6.45, 7) is 5.93. The zero-order valence-corrected chi connectivity index (χ0v) is 16.0. The van der Waals surface area contributed by atoms with Crippen molar-refractivity contribution in [1.29, 1.82) is 0 Å². The number of aliphatic carboxylic acids is 1. The lowest BCUT2D eigenvalue weighted by Gasteiger charge is -2.60. The average Bonchev–Trinajstić information content (AvgIpc) is 2.83. The molecule has 2 N–H and O–H groups in total. The fourth-order valence-electron chi connectivity index (χ4n) is 7.02. The summed E-state index contributed by atoms with van der Waals surface area (Å²) >= 11 is 0. The summed E-state index contributed by atoms with van der Waals surface area (Å²) in [7, 11) is 0. The summed E-state index contributed by atoms with van der Waals surface area (Å²) in [5, 5.41) is 17.9. The fourth-order valence-corrected chi connectivity index (χ4v) is 7.02. The van der Waals surface area contributed by atoms with Gasteiger partial charge in [-0.25, -0.2) is 0 Å². The molecule has 4 saturated carbocycles. The Hall–Kier alpha value is -0.900. The van der Waals surface area contributed by atoms with Crippen molar-refractivity contribution in [2.45, 2.75) is 84.7 Å². The molecule has 25 heavy (non-hydrogen) atoms. The molecule has 4 aliphatic rings. The predicted molar refractivity (Wildman–Crippen MR) is 96.1 cm³/mol. The number of aliphatic hydroxyl groups excluding tert-OH is 1. The number of carboxylic acid groups (broad SMARTS) is 1. The minimum absolute atomic E-state index is 0.0677. The molecule has 0 unspecified atom stereocenters. The maximum absolute atomic E-state index is 11.9. The van der Waals surface area contributed by atoms with E-state index in [1.165, 1.54) is 32.1 Å². The van der Waals surface area contributed by atoms with E-state index in [1.807, 2.05) is 0 Å². The summed E-state index contributed by atoms with van der Waals surface area (Å²) in [6, 6.07) is 0. The smallest absolute Gasteiger partial charge is 0.300 e. The second-order valence-corrected chi connectivity index (χ2v) is 9.56. The van der Waals surface area contributed by atoms with E-state index >= 15 is 0 Å². The molecule has 0 radical (unpaired) electrons. The van der Waals surface area contributed by atoms with Crippen LogP contribution in [0.5, 0.6) is 0 Å². The monoisotopic (exact) mass is 350 g/mol. The van der Waals surface area contributed by atoms with E-state index in [0.717, 1.165) is 50.4 Å². The highest BCUT2D eigenvalue weighted by molar-refractivity contribution is 5.79. The zero-order valence-electron chi connectivity index (χ0n) is 16.0. The number of carbonyl (C=O) groups is 2. The van der Waals surface area contributed by atoms with Crippen LogP contribution in [0, 0.1) is 34.5 Å². The van der Waals surface area contributed by atoms with Crippen LogP contribution in [0.3, 0.4) is 0 Å². The standard InChI is InChI=1S/C19H30O2.C2H4O2/c1-18-9-7-13(20)11-12(18)3-4-14-15-5-6-17(21)19(15,2)10-8-16(14)18;1-2(3)4/h12,14-17,21H,3-11H2,1-2H3;1H3,(H,3,4)/t12-,14-,15-,16-,17-,18-,19-;/m0./s1. The van der Waals surface area contributed by atoms with E-state index in [0.29, 0.717) is 17.1 Å². The first-order chi connectivity index (χ1) is 11.7. The number of carbonyl (C=O) groups excluding carboxylic acids is 1. The van der Waals surface area contributed by atoms with Crippen molar-refractivity contribution in [1.82, 2.24) is 0 Å². The number of hydrogen-bond acceptors (Lipinski definition) is 3. The fraction of sp³-hybridized carbons (Fsp3) is 0.905. The van der Waals surface area contributed by atoms with E-state index in [4.69, 9.17) is 9.90 Å². The molecule has 0 aromatic heterocycles. The van der Waals surface area contributed by atoms with Gasteiger partial charge in [0, 0.05) is 19.8 Å². The molecule has 0 amide bonds. The van der Waals surface area contributed by atoms with E-state index < -0.39 is 5.97 Å². The van der Waals surface area contributed by atoms with Crippen molar-refractivity contribution >= 4 is 11.8 Å². The van der Waals surface area contributed by atoms with Gasteiger partial charge in [0.15, 0.2) is 0 Å². The topological polar surface area (TPSA) is 74.6 Å². The maximum Gasteiger partial charge on any atom is 0.300 e. The number of hydrogen-bond donors (Lipinski definition) is 2. The van der Waals surface area contributed by atoms with Crippen LogP contribution in [-0.2, 0) is 9.59 Å². The lowest BCUT2D eigenvalue weighted by Crippen LogP contribution is -2.54. The molecule has 7 atom stereocenters. The summed E-state index contributed by atoms with van der Waals surface area (Å²) in [5.41, 5.74) is 0.598. The minimum Gasteiger partial charge on any atom is -0.481 e. The third-order valence-electron chi connectivity index (χ3n) is 8.43. The quantitative estimate of drug-likeness (QED) is 0.691. The predicted octanol–water partition coefficient (Wildman–Crippen LogP) is 4.05. The Kier molecular flexibility index (Phi) is 5.04. The maximum atomic E-state index is 11.9. The van der Waals surface area contributed by atoms with Gasteiger partial charge in [-0.1, -0.05) is 13.8 Å². The van der Waals surface area contributed by atoms with Gasteiger partial charge in [-0.2, -0.15) is 0 Å². The summed E-state index contributed by atoms with van der Waals surface area (Å²) in [5.74, 6) is 2.69. The molecule has 4 heteroatoms. The van der Waals surface area contributed by atoms with Crippen molar-refractivity contribution < 1.29 is 19.8 Å². The molecule has 0 heterocycles. The van der Waals surface area contributed by atoms with Gasteiger partial charge in [0.25, 0.3) is 5.97 Å². The molecule has 4 fully saturated rings. The van der Waals surface area contributed by atoms with Crippen molar-refractivity contribution in [2.75, 3.05) is 0 Å². The van der Waals surface area contributed by atoms with Crippen molar-refractivity contribution in [3.63, 3.8) is 0 Å². The van der Waals surface area contributed by atoms with Crippen LogP contribution in [0.2, 0.25) is 0 Å². The second-order valence-electron chi connectivity index (χ2n) is 9.56. The van der Waals surface area contributed by atoms with Crippen LogP contribution in [0.1, 0.15) is 78.6 Å². The molecule has 0 spiro atoms. The van der Waals surface area contributed by atoms with Crippen LogP contribution < -0.4 is 0 Å². The van der Waals surface area contributed by atoms with Crippen LogP contribution in [0.15, 0.2) is 0 Å². The third kappa shape index (κ3) is 3.15. The Balaban J connectivity index is 0.000000415. The number of ketones is 1. The molecular weight excluding hydrogens is 316 g/mol. The Morgan fingerprint density at radius 3 is 2.32 bits per heavy atom. The van der Waals surface area contributed by atoms with Crippen LogP contribution in [0.4, 0.5) is 0 Å². The summed E-state index contributed by atoms with van der Waals surface area (Å²) < 4.78 is 0. The number of rotatable bonds is 0. The first kappa shape index (κ1) is 18.9. The lowest BCUT2D eigenvalue weighted by molar-refractivity contribution is -0.142. The molecule has 0 bridgehead atoms. The van der Waals surface area contributed by atoms with E-state index in [2.05, 4.69) is 13.8 Å². The van der Waals surface area contributed by atoms with Crippen LogP contribution >= 0.6 is 0 Å². The van der Waals surface area contributed by atoms with E-state index in [-0.39, 0.29) is 11.5 Å². The van der Waals surface area contributed by atoms with E-state index in [9.17, 15) is 9.90 Å². The molecule has 142 valence electrons. The third-order valence-corrected chi connectivity index (χ3v) is 8.43. The number of carboxylic acids is 1. The van der Waals surface area contributed by atoms with Crippen LogP contribution in [0.25, 0.3) is 0 Å². The lowest BCUT2D eigenvalue weighted by atomic mass is 9.45. The first-order valence-corrected chi connectivity index (χ1v) is 10.1. The molecular formula is C21H34O4. The minimum atomic E-state index is -0.833. The molecule has 0 saturated heterocycles. The molecule has 4 nitrogen and oxygen atoms in total. The Morgan fingerprint density at radius 1 is 1.00 bits per heavy atom. The normalized spacial score (nSPS) is 48.5. The molecule has 4 aliphatic carbocycles. The van der Waals surface area contributed by atoms with Gasteiger partial charge in [-0.15, -0.1) is 0 Å². The highest BCUT2D eigenvalue weighted by Gasteiger charge is 2.59. The number of aliphatic hydroxyl groups is 1. The van der Waals surface area contributed by atoms with Crippen LogP contribution in [-0.4, -0.2) is 28.1 Å². The Morgan fingerprint density at radius 2 is 1.64 bits per heavy atom. The van der Waals surface area contributed by atoms with Crippen molar-refractivity contribution in [2.24, 2.45) is 34.5 Å². The SMILES string of the molecule is CC(=O)O.C[C@]12CCC(=O)C[C@@H]1CC[C@@H]1[C@@H]2CC[C@]2(C)[C@@H](O)CC[C@@H]12. The second kappa shape index (κ2) is 6.68. The number of Topliss-reactive ketones (excluding diaryl/α,β-unsaturated/α-hetero) is 1. The van der Waals surface area contributed by atoms with Gasteiger partial charge in [0.05, 0.1) is 6.10 Å². The van der Waals surface area contributed by atoms with Crippen molar-refractivity contribution in [3.05, 3.63) is 0 Å². The molecule has 0 aliphatic heterocycles. The number of fused-ring (bicyclic) bond motifs is 5. The van der Waals surface area contributed by atoms with Gasteiger partial charge in [-0.3, -0.25) is 9.59 Å². The van der Waals surface area contributed by atoms with Gasteiger partial charge in [0.2, 0.25) is 0 Å². The highest BCUT2D eigenvalue weighted by atomic mass is 16.4. The summed E-state index contributed by atoms with van der Waals surface area (Å²) in [6.07, 6.45) is 10.0. The Labute approximate surface area is 151 Å². The van der Waals surface area contributed by atoms with Gasteiger partial charge in [-0.05, 0) is 79.4 Å². The Bertz CT molecular complexity index is 540. The van der Waals surface area contributed by atoms with Gasteiger partial charge in [0.1, 0.15) is 5.78 Å². The first-order valence-electron chi connectivity index (χ1n) is 10.1. The van der Waals surface area contributed by atoms with Crippen molar-refractivity contribution in [3.8, 4) is 0 Å². The van der Waals surface area contributed by atoms with E-state index in [1.54, 1.807) is 0 Å². The molecule has 0 aromatic carbocycles. The molecule has 0 aromatic rings. The summed E-state index contributed by atoms with van der Waals surface area (Å²) in [4.78, 5) is 20.9. The van der Waals surface area contributed by atoms with Gasteiger partial charge < -0.3 is 10.2 Å². The van der Waals surface area contributed by atoms with Gasteiger partial charge >= 0.3 is 0 Å². The largest absolute Gasteiger partial charge is 0.481 e. The average molecular weight is 350 g/mol.